The number of amides is 1. The fourth-order valence-electron chi connectivity index (χ4n) is 3.24. The second-order valence-corrected chi connectivity index (χ2v) is 6.92. The van der Waals surface area contributed by atoms with Crippen LogP contribution in [-0.4, -0.2) is 25.2 Å². The van der Waals surface area contributed by atoms with Crippen molar-refractivity contribution in [2.45, 2.75) is 13.0 Å². The van der Waals surface area contributed by atoms with Crippen molar-refractivity contribution in [3.05, 3.63) is 84.9 Å². The molecule has 1 N–H and O–H groups in total. The van der Waals surface area contributed by atoms with Gasteiger partial charge in [-0.1, -0.05) is 60.7 Å². The van der Waals surface area contributed by atoms with E-state index in [1.54, 1.807) is 6.92 Å². The van der Waals surface area contributed by atoms with Gasteiger partial charge >= 0.3 is 0 Å². The van der Waals surface area contributed by atoms with Gasteiger partial charge in [-0.05, 0) is 52.7 Å². The molecule has 0 saturated carbocycles. The van der Waals surface area contributed by atoms with Gasteiger partial charge in [-0.3, -0.25) is 4.79 Å². The van der Waals surface area contributed by atoms with Crippen molar-refractivity contribution in [1.82, 2.24) is 5.32 Å². The minimum Gasteiger partial charge on any atom is -0.492 e. The van der Waals surface area contributed by atoms with E-state index < -0.39 is 6.10 Å². The van der Waals surface area contributed by atoms with Gasteiger partial charge in [0, 0.05) is 0 Å². The molecule has 4 heteroatoms. The second-order valence-electron chi connectivity index (χ2n) is 6.92. The number of benzene rings is 4. The average Bonchev–Trinajstić information content (AvgIpc) is 2.76. The fourth-order valence-corrected chi connectivity index (χ4v) is 3.24. The van der Waals surface area contributed by atoms with Crippen LogP contribution < -0.4 is 14.8 Å². The summed E-state index contributed by atoms with van der Waals surface area (Å²) in [5.74, 6) is 1.30. The predicted octanol–water partition coefficient (Wildman–Crippen LogP) is 4.96. The van der Waals surface area contributed by atoms with Crippen molar-refractivity contribution in [2.24, 2.45) is 0 Å². The van der Waals surface area contributed by atoms with E-state index in [1.807, 2.05) is 72.8 Å². The Bertz CT molecular complexity index is 1140. The maximum Gasteiger partial charge on any atom is 0.260 e. The van der Waals surface area contributed by atoms with Gasteiger partial charge in [0.25, 0.3) is 5.91 Å². The molecule has 0 bridgehead atoms. The zero-order valence-corrected chi connectivity index (χ0v) is 16.3. The smallest absolute Gasteiger partial charge is 0.260 e. The number of ether oxygens (including phenoxy) is 2. The maximum atomic E-state index is 12.3. The van der Waals surface area contributed by atoms with Gasteiger partial charge in [0.15, 0.2) is 6.10 Å². The van der Waals surface area contributed by atoms with E-state index in [1.165, 1.54) is 5.39 Å². The molecule has 29 heavy (non-hydrogen) atoms. The summed E-state index contributed by atoms with van der Waals surface area (Å²) in [6.07, 6.45) is -0.586. The van der Waals surface area contributed by atoms with Crippen LogP contribution in [-0.2, 0) is 4.79 Å². The highest BCUT2D eigenvalue weighted by Crippen LogP contribution is 2.22. The molecule has 4 aromatic carbocycles. The van der Waals surface area contributed by atoms with E-state index in [0.29, 0.717) is 18.9 Å². The Kier molecular flexibility index (Phi) is 5.61. The van der Waals surface area contributed by atoms with Gasteiger partial charge in [0.2, 0.25) is 0 Å². The highest BCUT2D eigenvalue weighted by Gasteiger charge is 2.14. The van der Waals surface area contributed by atoms with Crippen LogP contribution >= 0.6 is 0 Å². The molecule has 0 fully saturated rings. The maximum absolute atomic E-state index is 12.3. The van der Waals surface area contributed by atoms with Crippen LogP contribution in [0, 0.1) is 0 Å². The number of nitrogens with one attached hydrogen (secondary N) is 1. The molecule has 0 aromatic heterocycles. The van der Waals surface area contributed by atoms with Crippen molar-refractivity contribution < 1.29 is 14.3 Å². The molecule has 0 aliphatic carbocycles. The van der Waals surface area contributed by atoms with Gasteiger partial charge in [-0.15, -0.1) is 0 Å². The summed E-state index contributed by atoms with van der Waals surface area (Å²) in [5, 5.41) is 7.39. The first-order chi connectivity index (χ1) is 14.2. The van der Waals surface area contributed by atoms with Gasteiger partial charge in [0.05, 0.1) is 6.54 Å². The Balaban J connectivity index is 1.26. The minimum absolute atomic E-state index is 0.166. The highest BCUT2D eigenvalue weighted by atomic mass is 16.5. The summed E-state index contributed by atoms with van der Waals surface area (Å²) >= 11 is 0. The van der Waals surface area contributed by atoms with Crippen LogP contribution in [0.3, 0.4) is 0 Å². The Hall–Kier alpha value is -3.53. The fraction of sp³-hybridized carbons (Fsp3) is 0.160. The summed E-state index contributed by atoms with van der Waals surface area (Å²) in [6.45, 7) is 2.55. The normalized spacial score (nSPS) is 11.9. The average molecular weight is 385 g/mol. The lowest BCUT2D eigenvalue weighted by atomic mass is 10.1. The zero-order chi connectivity index (χ0) is 20.1. The quantitative estimate of drug-likeness (QED) is 0.458. The number of fused-ring (bicyclic) bond motifs is 2. The highest BCUT2D eigenvalue weighted by molar-refractivity contribution is 5.85. The lowest BCUT2D eigenvalue weighted by Gasteiger charge is -2.15. The second kappa shape index (κ2) is 8.65. The van der Waals surface area contributed by atoms with E-state index >= 15 is 0 Å². The molecule has 0 unspecified atom stereocenters. The largest absolute Gasteiger partial charge is 0.492 e. The van der Waals surface area contributed by atoms with E-state index in [-0.39, 0.29) is 5.91 Å². The van der Waals surface area contributed by atoms with Gasteiger partial charge < -0.3 is 14.8 Å². The molecular weight excluding hydrogens is 362 g/mol. The monoisotopic (exact) mass is 385 g/mol. The molecule has 0 aliphatic heterocycles. The van der Waals surface area contributed by atoms with E-state index in [9.17, 15) is 4.79 Å². The van der Waals surface area contributed by atoms with Crippen molar-refractivity contribution in [3.8, 4) is 11.5 Å². The Labute approximate surface area is 170 Å². The predicted molar refractivity (Wildman–Crippen MR) is 116 cm³/mol. The van der Waals surface area contributed by atoms with Gasteiger partial charge in [-0.2, -0.15) is 0 Å². The zero-order valence-electron chi connectivity index (χ0n) is 16.3. The Morgan fingerprint density at radius 2 is 1.34 bits per heavy atom. The number of rotatable bonds is 7. The molecule has 1 atom stereocenters. The topological polar surface area (TPSA) is 47.6 Å². The molecule has 0 radical (unpaired) electrons. The molecule has 146 valence electrons. The molecule has 4 nitrogen and oxygen atoms in total. The van der Waals surface area contributed by atoms with Crippen molar-refractivity contribution in [2.75, 3.05) is 13.2 Å². The molecular formula is C25H23NO3. The van der Waals surface area contributed by atoms with Gasteiger partial charge in [0.1, 0.15) is 18.1 Å². The van der Waals surface area contributed by atoms with Crippen LogP contribution in [0.15, 0.2) is 84.9 Å². The molecule has 0 saturated heterocycles. The molecule has 4 aromatic rings. The Morgan fingerprint density at radius 1 is 0.793 bits per heavy atom. The molecule has 4 rings (SSSR count). The number of hydrogen-bond acceptors (Lipinski definition) is 3. The standard InChI is InChI=1S/C25H23NO3/c1-18(29-24-13-11-20-7-3-5-9-22(20)17-24)25(27)26-14-15-28-23-12-10-19-6-2-4-8-21(19)16-23/h2-13,16-18H,14-15H2,1H3,(H,26,27)/t18-/m0/s1. The SMILES string of the molecule is C[C@H](Oc1ccc2ccccc2c1)C(=O)NCCOc1ccc2ccccc2c1. The third kappa shape index (κ3) is 4.66. The summed E-state index contributed by atoms with van der Waals surface area (Å²) in [7, 11) is 0. The first-order valence-electron chi connectivity index (χ1n) is 9.74. The lowest BCUT2D eigenvalue weighted by molar-refractivity contribution is -0.127. The third-order valence-corrected chi connectivity index (χ3v) is 4.79. The third-order valence-electron chi connectivity index (χ3n) is 4.79. The van der Waals surface area contributed by atoms with Crippen LogP contribution in [0.2, 0.25) is 0 Å². The van der Waals surface area contributed by atoms with Crippen LogP contribution in [0.25, 0.3) is 21.5 Å². The molecule has 0 heterocycles. The molecule has 0 spiro atoms. The number of hydrogen-bond donors (Lipinski definition) is 1. The Morgan fingerprint density at radius 3 is 2.00 bits per heavy atom. The van der Waals surface area contributed by atoms with Crippen molar-refractivity contribution in [3.63, 3.8) is 0 Å². The summed E-state index contributed by atoms with van der Waals surface area (Å²) in [4.78, 5) is 12.3. The van der Waals surface area contributed by atoms with E-state index in [2.05, 4.69) is 17.4 Å². The van der Waals surface area contributed by atoms with Gasteiger partial charge in [-0.25, -0.2) is 0 Å². The first kappa shape index (κ1) is 18.8. The first-order valence-corrected chi connectivity index (χ1v) is 9.74. The molecule has 0 aliphatic rings. The van der Waals surface area contributed by atoms with E-state index in [0.717, 1.165) is 21.9 Å². The van der Waals surface area contributed by atoms with Crippen molar-refractivity contribution in [1.29, 1.82) is 0 Å². The summed E-state index contributed by atoms with van der Waals surface area (Å²) in [6, 6.07) is 28.0. The minimum atomic E-state index is -0.586. The van der Waals surface area contributed by atoms with E-state index in [4.69, 9.17) is 9.47 Å². The van der Waals surface area contributed by atoms with Crippen LogP contribution in [0.4, 0.5) is 0 Å². The number of carbonyl (C=O) groups is 1. The van der Waals surface area contributed by atoms with Crippen LogP contribution in [0.1, 0.15) is 6.92 Å². The molecule has 1 amide bonds. The van der Waals surface area contributed by atoms with Crippen molar-refractivity contribution >= 4 is 27.5 Å². The number of carbonyl (C=O) groups excluding carboxylic acids is 1. The summed E-state index contributed by atoms with van der Waals surface area (Å²) in [5.41, 5.74) is 0. The summed E-state index contributed by atoms with van der Waals surface area (Å²) < 4.78 is 11.6. The van der Waals surface area contributed by atoms with Crippen LogP contribution in [0.5, 0.6) is 11.5 Å². The lowest BCUT2D eigenvalue weighted by Crippen LogP contribution is -2.38.